The normalized spacial score (nSPS) is 17.1. The molecule has 2 fully saturated rings. The van der Waals surface area contributed by atoms with E-state index in [4.69, 9.17) is 18.8 Å². The minimum atomic E-state index is -3.09. The zero-order chi connectivity index (χ0) is 41.2. The molecule has 18 nitrogen and oxygen atoms in total. The number of rotatable bonds is 10. The first-order valence-corrected chi connectivity index (χ1v) is 18.7. The number of carbonyl (C=O) groups is 4. The molecule has 2 aromatic carbocycles. The Hall–Kier alpha value is -4.21. The maximum atomic E-state index is 12.3. The summed E-state index contributed by atoms with van der Waals surface area (Å²) in [4.78, 5) is 59.3. The number of hydrogen-bond acceptors (Lipinski definition) is 14. The van der Waals surface area contributed by atoms with Crippen molar-refractivity contribution < 1.29 is 127 Å². The minimum Gasteiger partial charge on any atom is -0.669 e. The average molecular weight is 844 g/mol. The number of carboxylic acids is 2. The average Bonchev–Trinajstić information content (AvgIpc) is 3.13. The van der Waals surface area contributed by atoms with Gasteiger partial charge in [0.25, 0.3) is 0 Å². The molecule has 6 heterocycles. The minimum absolute atomic E-state index is 0. The van der Waals surface area contributed by atoms with Gasteiger partial charge < -0.3 is 58.9 Å². The first kappa shape index (κ1) is 46.8. The Kier molecular flexibility index (Phi) is 15.4. The van der Waals surface area contributed by atoms with Crippen molar-refractivity contribution in [1.82, 2.24) is 19.8 Å². The number of ether oxygens (including phenoxy) is 2. The van der Waals surface area contributed by atoms with Crippen molar-refractivity contribution >= 4 is 37.3 Å². The van der Waals surface area contributed by atoms with Gasteiger partial charge in [-0.1, -0.05) is 24.8 Å². The zero-order valence-electron chi connectivity index (χ0n) is 33.0. The monoisotopic (exact) mass is 844 g/mol. The van der Waals surface area contributed by atoms with Crippen LogP contribution in [0.5, 0.6) is 23.0 Å². The second-order valence-corrected chi connectivity index (χ2v) is 14.6. The van der Waals surface area contributed by atoms with Crippen LogP contribution in [0.25, 0.3) is 0 Å². The first-order valence-electron chi connectivity index (χ1n) is 18.7. The predicted molar refractivity (Wildman–Crippen MR) is 203 cm³/mol. The van der Waals surface area contributed by atoms with E-state index in [2.05, 4.69) is 9.97 Å². The Balaban J connectivity index is 0.000000220. The number of nitrogens with zero attached hydrogens (tertiary/aromatic N) is 4. The van der Waals surface area contributed by atoms with E-state index < -0.39 is 25.4 Å². The molecular formula is C38H40B2N4Na2O14. The molecule has 0 aliphatic carbocycles. The number of pyridine rings is 2. The number of likely N-dealkylation sites (tertiary alicyclic amines) is 2. The molecule has 304 valence electrons. The Bertz CT molecular complexity index is 2060. The third-order valence-electron chi connectivity index (χ3n) is 10.2. The number of fused-ring (bicyclic) bond motifs is 2. The Morgan fingerprint density at radius 3 is 1.28 bits per heavy atom. The van der Waals surface area contributed by atoms with Gasteiger partial charge in [0.2, 0.25) is 11.8 Å². The third kappa shape index (κ3) is 11.2. The number of aromatic carboxylic acids is 2. The summed E-state index contributed by atoms with van der Waals surface area (Å²) >= 11 is 0. The fourth-order valence-electron chi connectivity index (χ4n) is 7.03. The number of aromatic nitrogens is 2. The van der Waals surface area contributed by atoms with Crippen LogP contribution in [0.3, 0.4) is 0 Å². The van der Waals surface area contributed by atoms with Crippen molar-refractivity contribution in [1.29, 1.82) is 0 Å². The first-order chi connectivity index (χ1) is 27.6. The van der Waals surface area contributed by atoms with E-state index in [0.29, 0.717) is 50.1 Å². The fourth-order valence-corrected chi connectivity index (χ4v) is 7.03. The smallest absolute Gasteiger partial charge is 0.669 e. The molecule has 0 radical (unpaired) electrons. The van der Waals surface area contributed by atoms with Crippen molar-refractivity contribution in [2.45, 2.75) is 50.5 Å². The molecule has 2 aromatic heterocycles. The van der Waals surface area contributed by atoms with Crippen LogP contribution in [0.4, 0.5) is 0 Å². The summed E-state index contributed by atoms with van der Waals surface area (Å²) in [7, 11) is 0. The summed E-state index contributed by atoms with van der Waals surface area (Å²) in [5.74, 6) is -2.64. The van der Waals surface area contributed by atoms with Crippen molar-refractivity contribution in [3.63, 3.8) is 0 Å². The Morgan fingerprint density at radius 2 is 0.950 bits per heavy atom. The van der Waals surface area contributed by atoms with E-state index in [0.717, 1.165) is 11.1 Å². The van der Waals surface area contributed by atoms with Crippen LogP contribution < -0.4 is 77.9 Å². The van der Waals surface area contributed by atoms with Crippen LogP contribution >= 0.6 is 0 Å². The molecule has 6 N–H and O–H groups in total. The van der Waals surface area contributed by atoms with Gasteiger partial charge in [0.1, 0.15) is 34.8 Å². The molecule has 0 atom stereocenters. The van der Waals surface area contributed by atoms with Gasteiger partial charge in [0, 0.05) is 24.8 Å². The number of benzene rings is 2. The quantitative estimate of drug-likeness (QED) is 0.0817. The summed E-state index contributed by atoms with van der Waals surface area (Å²) in [6.45, 7) is -4.81. The van der Waals surface area contributed by atoms with Gasteiger partial charge in [-0.3, -0.25) is 19.6 Å². The molecule has 4 aliphatic heterocycles. The number of carbonyl (C=O) groups excluding carboxylic acids is 2. The fraction of sp³-hybridized carbons (Fsp3) is 0.316. The van der Waals surface area contributed by atoms with Crippen LogP contribution in [0.2, 0.25) is 12.6 Å². The number of aryl methyl sites for hydroxylation is 2. The maximum Gasteiger partial charge on any atom is 1.00 e. The Labute approximate surface area is 388 Å². The van der Waals surface area contributed by atoms with Crippen LogP contribution in [0.15, 0.2) is 73.3 Å². The number of hydrogen-bond donors (Lipinski definition) is 6. The van der Waals surface area contributed by atoms with Gasteiger partial charge >= 0.3 is 84.6 Å². The molecule has 0 spiro atoms. The van der Waals surface area contributed by atoms with Gasteiger partial charge in [-0.25, -0.2) is 9.59 Å². The molecule has 2 saturated heterocycles. The van der Waals surface area contributed by atoms with Crippen molar-refractivity contribution in [2.75, 3.05) is 26.2 Å². The SMILES string of the molecule is O=C(O)c1c(OC2CN(C(=O)Cc3ccncc3)C2)ccc2c1O[B-](O)(O)CC2.O=C(O)c1c(OC2CN(C(=O)Cc3ccncc3)C2)ccc2c1O[B-](O)(O)CC2.[Na+].[Na+]. The maximum absolute atomic E-state index is 12.3. The van der Waals surface area contributed by atoms with Crippen molar-refractivity contribution in [3.05, 3.63) is 107 Å². The molecule has 60 heavy (non-hydrogen) atoms. The molecule has 22 heteroatoms. The van der Waals surface area contributed by atoms with Crippen molar-refractivity contribution in [3.8, 4) is 23.0 Å². The van der Waals surface area contributed by atoms with Gasteiger partial charge in [0.15, 0.2) is 0 Å². The Morgan fingerprint density at radius 1 is 0.600 bits per heavy atom. The van der Waals surface area contributed by atoms with Crippen LogP contribution in [-0.4, -0.2) is 126 Å². The number of amides is 2. The molecule has 4 aromatic rings. The summed E-state index contributed by atoms with van der Waals surface area (Å²) < 4.78 is 21.9. The van der Waals surface area contributed by atoms with Gasteiger partial charge in [-0.05, 0) is 71.5 Å². The molecule has 4 aliphatic rings. The molecule has 2 amide bonds. The molecule has 0 saturated carbocycles. The van der Waals surface area contributed by atoms with E-state index in [9.17, 15) is 49.5 Å². The summed E-state index contributed by atoms with van der Waals surface area (Å²) in [6, 6.07) is 13.5. The van der Waals surface area contributed by atoms with E-state index in [-0.39, 0.29) is 143 Å². The van der Waals surface area contributed by atoms with E-state index in [1.54, 1.807) is 83.1 Å². The molecule has 0 bridgehead atoms. The summed E-state index contributed by atoms with van der Waals surface area (Å²) in [5.41, 5.74) is 2.42. The zero-order valence-corrected chi connectivity index (χ0v) is 37.0. The van der Waals surface area contributed by atoms with Crippen LogP contribution in [0.1, 0.15) is 43.0 Å². The second kappa shape index (κ2) is 19.7. The van der Waals surface area contributed by atoms with E-state index in [1.807, 2.05) is 0 Å². The van der Waals surface area contributed by atoms with E-state index >= 15 is 0 Å². The molecular weight excluding hydrogens is 804 g/mol. The molecule has 8 rings (SSSR count). The second-order valence-electron chi connectivity index (χ2n) is 14.6. The van der Waals surface area contributed by atoms with Gasteiger partial charge in [-0.2, -0.15) is 0 Å². The van der Waals surface area contributed by atoms with Crippen LogP contribution in [0, 0.1) is 0 Å². The predicted octanol–water partition coefficient (Wildman–Crippen LogP) is -5.05. The van der Waals surface area contributed by atoms with Crippen LogP contribution in [-0.2, 0) is 35.3 Å². The van der Waals surface area contributed by atoms with E-state index in [1.165, 1.54) is 0 Å². The topological polar surface area (TPSA) is 259 Å². The third-order valence-corrected chi connectivity index (χ3v) is 10.2. The number of carboxylic acid groups (broad SMARTS) is 2. The standard InChI is InChI=1S/2C19H20BN2O7.2Na/c2*23-16(9-12-4-7-21-8-5-12)22-10-14(11-22)28-15-2-1-13-3-6-20(26,27)29-18(13)17(15)19(24)25;;/h2*1-2,4-5,7-8,14,26-27H,3,6,9-11H2,(H,24,25);;/q2*-1;2*+1. The van der Waals surface area contributed by atoms with Crippen molar-refractivity contribution in [2.24, 2.45) is 0 Å². The summed E-state index contributed by atoms with van der Waals surface area (Å²) in [5, 5.41) is 58.4. The molecule has 0 unspecified atom stereocenters. The largest absolute Gasteiger partial charge is 1.00 e. The van der Waals surface area contributed by atoms with Gasteiger partial charge in [0.05, 0.1) is 50.5 Å². The summed E-state index contributed by atoms with van der Waals surface area (Å²) in [6.07, 6.45) is 6.94. The van der Waals surface area contributed by atoms with Gasteiger partial charge in [-0.15, -0.1) is 0 Å².